The van der Waals surface area contributed by atoms with E-state index in [4.69, 9.17) is 0 Å². The summed E-state index contributed by atoms with van der Waals surface area (Å²) in [6.45, 7) is 6.21. The minimum atomic E-state index is -1.16. The number of carbonyl (C=O) groups is 1. The molecule has 1 saturated heterocycles. The number of amides is 1. The molecular formula is C26H33FN2O3. The van der Waals surface area contributed by atoms with Crippen LogP contribution in [0.25, 0.3) is 0 Å². The molecule has 32 heavy (non-hydrogen) atoms. The Labute approximate surface area is 189 Å². The van der Waals surface area contributed by atoms with Gasteiger partial charge in [-0.1, -0.05) is 44.2 Å². The van der Waals surface area contributed by atoms with E-state index >= 15 is 0 Å². The largest absolute Gasteiger partial charge is 0.387 e. The average Bonchev–Trinajstić information content (AvgIpc) is 2.79. The highest BCUT2D eigenvalue weighted by Crippen LogP contribution is 2.35. The molecule has 0 radical (unpaired) electrons. The van der Waals surface area contributed by atoms with Crippen LogP contribution in [0.15, 0.2) is 42.5 Å². The third-order valence-electron chi connectivity index (χ3n) is 6.86. The summed E-state index contributed by atoms with van der Waals surface area (Å²) in [6, 6.07) is 12.3. The molecule has 0 saturated carbocycles. The van der Waals surface area contributed by atoms with E-state index in [9.17, 15) is 19.4 Å². The number of halogens is 1. The van der Waals surface area contributed by atoms with Crippen molar-refractivity contribution < 1.29 is 19.4 Å². The van der Waals surface area contributed by atoms with Gasteiger partial charge in [-0.3, -0.25) is 4.79 Å². The van der Waals surface area contributed by atoms with Crippen LogP contribution in [0, 0.1) is 11.7 Å². The van der Waals surface area contributed by atoms with Crippen molar-refractivity contribution in [2.24, 2.45) is 5.92 Å². The van der Waals surface area contributed by atoms with E-state index in [1.54, 1.807) is 18.2 Å². The lowest BCUT2D eigenvalue weighted by Crippen LogP contribution is -2.44. The zero-order chi connectivity index (χ0) is 22.9. The summed E-state index contributed by atoms with van der Waals surface area (Å²) in [5.74, 6) is -0.286. The van der Waals surface area contributed by atoms with Gasteiger partial charge >= 0.3 is 0 Å². The number of rotatable bonds is 5. The fourth-order valence-electron chi connectivity index (χ4n) is 4.93. The molecule has 2 aliphatic rings. The minimum Gasteiger partial charge on any atom is -0.387 e. The summed E-state index contributed by atoms with van der Waals surface area (Å²) in [7, 11) is 0. The first-order valence-corrected chi connectivity index (χ1v) is 11.6. The van der Waals surface area contributed by atoms with Gasteiger partial charge in [-0.15, -0.1) is 0 Å². The van der Waals surface area contributed by atoms with Crippen molar-refractivity contribution >= 4 is 11.6 Å². The summed E-state index contributed by atoms with van der Waals surface area (Å²) in [5.41, 5.74) is 2.10. The van der Waals surface area contributed by atoms with Gasteiger partial charge in [0.1, 0.15) is 5.82 Å². The van der Waals surface area contributed by atoms with Crippen LogP contribution in [-0.2, 0) is 16.8 Å². The molecule has 0 spiro atoms. The second-order valence-electron chi connectivity index (χ2n) is 9.46. The number of piperidine rings is 1. The molecule has 1 atom stereocenters. The lowest BCUT2D eigenvalue weighted by Gasteiger charge is -2.39. The molecule has 0 bridgehead atoms. The second-order valence-corrected chi connectivity index (χ2v) is 9.46. The van der Waals surface area contributed by atoms with E-state index in [1.807, 2.05) is 36.9 Å². The summed E-state index contributed by atoms with van der Waals surface area (Å²) in [5, 5.41) is 21.9. The molecule has 0 aliphatic carbocycles. The molecule has 0 unspecified atom stereocenters. The van der Waals surface area contributed by atoms with E-state index in [1.165, 1.54) is 6.07 Å². The number of benzene rings is 2. The standard InChI is InChI=1S/C26H33FN2O3/c1-18(2)25(31)29-13-5-6-19-16-20(9-10-23(19)29)24(30)17-28-14-11-26(32,12-15-28)21-7-3-4-8-22(21)27/h3-4,7-10,16,18,24,30,32H,5-6,11-15,17H2,1-2H3/t24-/m0/s1. The van der Waals surface area contributed by atoms with Crippen molar-refractivity contribution in [3.63, 3.8) is 0 Å². The van der Waals surface area contributed by atoms with Gasteiger partial charge in [-0.05, 0) is 48.9 Å². The van der Waals surface area contributed by atoms with Crippen molar-refractivity contribution in [1.82, 2.24) is 4.90 Å². The van der Waals surface area contributed by atoms with Crippen molar-refractivity contribution in [2.75, 3.05) is 31.1 Å². The average molecular weight is 441 g/mol. The monoisotopic (exact) mass is 440 g/mol. The van der Waals surface area contributed by atoms with Gasteiger partial charge in [-0.25, -0.2) is 4.39 Å². The Bertz CT molecular complexity index is 969. The first kappa shape index (κ1) is 22.9. The molecule has 2 aromatic rings. The van der Waals surface area contributed by atoms with Crippen molar-refractivity contribution in [1.29, 1.82) is 0 Å². The Balaban J connectivity index is 1.40. The Morgan fingerprint density at radius 2 is 1.84 bits per heavy atom. The van der Waals surface area contributed by atoms with Crippen molar-refractivity contribution in [3.8, 4) is 0 Å². The maximum absolute atomic E-state index is 14.2. The number of fused-ring (bicyclic) bond motifs is 1. The van der Waals surface area contributed by atoms with Gasteiger partial charge in [-0.2, -0.15) is 0 Å². The Morgan fingerprint density at radius 3 is 2.53 bits per heavy atom. The Morgan fingerprint density at radius 1 is 1.12 bits per heavy atom. The fraction of sp³-hybridized carbons (Fsp3) is 0.500. The predicted molar refractivity (Wildman–Crippen MR) is 123 cm³/mol. The number of β-amino-alcohol motifs (C(OH)–C–C–N with tert-alkyl or cyclic N) is 1. The highest BCUT2D eigenvalue weighted by atomic mass is 19.1. The topological polar surface area (TPSA) is 64.0 Å². The first-order valence-electron chi connectivity index (χ1n) is 11.6. The number of hydrogen-bond acceptors (Lipinski definition) is 4. The molecule has 2 aromatic carbocycles. The van der Waals surface area contributed by atoms with Crippen LogP contribution in [0.5, 0.6) is 0 Å². The smallest absolute Gasteiger partial charge is 0.229 e. The number of hydrogen-bond donors (Lipinski definition) is 2. The predicted octanol–water partition coefficient (Wildman–Crippen LogP) is 3.78. The third-order valence-corrected chi connectivity index (χ3v) is 6.86. The van der Waals surface area contributed by atoms with Gasteiger partial charge < -0.3 is 20.0 Å². The summed E-state index contributed by atoms with van der Waals surface area (Å²) in [4.78, 5) is 16.5. The molecule has 2 heterocycles. The van der Waals surface area contributed by atoms with E-state index in [0.717, 1.165) is 36.2 Å². The summed E-state index contributed by atoms with van der Waals surface area (Å²) >= 11 is 0. The van der Waals surface area contributed by atoms with Crippen molar-refractivity contribution in [3.05, 3.63) is 65.0 Å². The number of aliphatic hydroxyl groups is 2. The van der Waals surface area contributed by atoms with Gasteiger partial charge in [0, 0.05) is 43.3 Å². The van der Waals surface area contributed by atoms with Crippen molar-refractivity contribution in [2.45, 2.75) is 51.2 Å². The molecule has 172 valence electrons. The number of likely N-dealkylation sites (tertiary alicyclic amines) is 1. The molecule has 2 N–H and O–H groups in total. The zero-order valence-corrected chi connectivity index (χ0v) is 18.9. The first-order chi connectivity index (χ1) is 15.3. The van der Waals surface area contributed by atoms with Crippen LogP contribution in [0.4, 0.5) is 10.1 Å². The van der Waals surface area contributed by atoms with Crippen LogP contribution in [0.2, 0.25) is 0 Å². The number of aliphatic hydroxyl groups excluding tert-OH is 1. The normalized spacial score (nSPS) is 19.6. The van der Waals surface area contributed by atoms with Crippen LogP contribution >= 0.6 is 0 Å². The lowest BCUT2D eigenvalue weighted by atomic mass is 9.84. The van der Waals surface area contributed by atoms with E-state index in [2.05, 4.69) is 4.90 Å². The minimum absolute atomic E-state index is 0.0478. The van der Waals surface area contributed by atoms with Crippen LogP contribution in [0.1, 0.15) is 55.9 Å². The maximum Gasteiger partial charge on any atom is 0.229 e. The number of anilines is 1. The molecule has 2 aliphatic heterocycles. The van der Waals surface area contributed by atoms with Gasteiger partial charge in [0.15, 0.2) is 0 Å². The van der Waals surface area contributed by atoms with Gasteiger partial charge in [0.25, 0.3) is 0 Å². The number of carbonyl (C=O) groups excluding carboxylic acids is 1. The van der Waals surface area contributed by atoms with Crippen LogP contribution in [0.3, 0.4) is 0 Å². The maximum atomic E-state index is 14.2. The van der Waals surface area contributed by atoms with Crippen LogP contribution < -0.4 is 4.90 Å². The molecule has 5 nitrogen and oxygen atoms in total. The Kier molecular flexibility index (Phi) is 6.65. The third kappa shape index (κ3) is 4.58. The fourth-order valence-corrected chi connectivity index (χ4v) is 4.93. The SMILES string of the molecule is CC(C)C(=O)N1CCCc2cc([C@@H](O)CN3CCC(O)(c4ccccc4F)CC3)ccc21. The quantitative estimate of drug-likeness (QED) is 0.743. The molecular weight excluding hydrogens is 407 g/mol. The van der Waals surface area contributed by atoms with Gasteiger partial charge in [0.2, 0.25) is 5.91 Å². The summed E-state index contributed by atoms with van der Waals surface area (Å²) in [6.07, 6.45) is 2.02. The molecule has 6 heteroatoms. The van der Waals surface area contributed by atoms with Gasteiger partial charge in [0.05, 0.1) is 11.7 Å². The van der Waals surface area contributed by atoms with E-state index < -0.39 is 11.7 Å². The molecule has 1 fully saturated rings. The number of nitrogens with zero attached hydrogens (tertiary/aromatic N) is 2. The Hall–Kier alpha value is -2.28. The highest BCUT2D eigenvalue weighted by Gasteiger charge is 2.36. The number of aryl methyl sites for hydroxylation is 1. The lowest BCUT2D eigenvalue weighted by molar-refractivity contribution is -0.121. The van der Waals surface area contributed by atoms with Crippen LogP contribution in [-0.4, -0.2) is 47.2 Å². The van der Waals surface area contributed by atoms with E-state index in [0.29, 0.717) is 38.0 Å². The van der Waals surface area contributed by atoms with E-state index in [-0.39, 0.29) is 17.6 Å². The molecule has 4 rings (SSSR count). The second kappa shape index (κ2) is 9.30. The summed E-state index contributed by atoms with van der Waals surface area (Å²) < 4.78 is 14.2. The highest BCUT2D eigenvalue weighted by molar-refractivity contribution is 5.95. The molecule has 1 amide bonds. The molecule has 0 aromatic heterocycles. The zero-order valence-electron chi connectivity index (χ0n) is 18.9.